The molecule has 0 aromatic carbocycles. The van der Waals surface area contributed by atoms with E-state index in [4.69, 9.17) is 9.57 Å². The molecule has 7 heteroatoms. The van der Waals surface area contributed by atoms with E-state index in [0.29, 0.717) is 36.4 Å². The Labute approximate surface area is 149 Å². The standard InChI is InChI=1S/C18H29N3O4/c1-4-25-18(23)21-8-11-5-6-12(21)7-15(11)20-9-13-14(10-20)16(13)17(22)19(2)24-3/h11-16H,4-10H2,1-3H3/t11?,12?,13-,14+,15?,16?. The Morgan fingerprint density at radius 2 is 1.88 bits per heavy atom. The fraction of sp³-hybridized carbons (Fsp3) is 0.889. The fourth-order valence-electron chi connectivity index (χ4n) is 5.46. The van der Waals surface area contributed by atoms with Gasteiger partial charge in [-0.15, -0.1) is 0 Å². The summed E-state index contributed by atoms with van der Waals surface area (Å²) in [5.41, 5.74) is 0. The zero-order valence-electron chi connectivity index (χ0n) is 15.4. The van der Waals surface area contributed by atoms with Gasteiger partial charge in [-0.1, -0.05) is 0 Å². The van der Waals surface area contributed by atoms with Gasteiger partial charge >= 0.3 is 6.09 Å². The van der Waals surface area contributed by atoms with Crippen LogP contribution < -0.4 is 0 Å². The first-order valence-corrected chi connectivity index (χ1v) is 9.54. The Bertz CT molecular complexity index is 544. The van der Waals surface area contributed by atoms with E-state index in [0.717, 1.165) is 32.5 Å². The molecule has 140 valence electrons. The minimum absolute atomic E-state index is 0.121. The van der Waals surface area contributed by atoms with Gasteiger partial charge in [0.05, 0.1) is 13.7 Å². The van der Waals surface area contributed by atoms with Crippen LogP contribution in [0.5, 0.6) is 0 Å². The molecule has 25 heavy (non-hydrogen) atoms. The summed E-state index contributed by atoms with van der Waals surface area (Å²) < 4.78 is 5.21. The van der Waals surface area contributed by atoms with Gasteiger partial charge in [-0.3, -0.25) is 14.5 Å². The third kappa shape index (κ3) is 2.81. The molecule has 0 radical (unpaired) electrons. The summed E-state index contributed by atoms with van der Waals surface area (Å²) in [6.07, 6.45) is 3.21. The molecule has 2 saturated carbocycles. The van der Waals surface area contributed by atoms with Crippen molar-refractivity contribution < 1.29 is 19.2 Å². The lowest BCUT2D eigenvalue weighted by atomic mass is 9.75. The topological polar surface area (TPSA) is 62.3 Å². The van der Waals surface area contributed by atoms with Crippen molar-refractivity contribution in [2.75, 3.05) is 40.4 Å². The lowest BCUT2D eigenvalue weighted by Gasteiger charge is -2.51. The van der Waals surface area contributed by atoms with Gasteiger partial charge < -0.3 is 9.64 Å². The number of rotatable bonds is 4. The van der Waals surface area contributed by atoms with Gasteiger partial charge in [0, 0.05) is 44.7 Å². The minimum Gasteiger partial charge on any atom is -0.450 e. The van der Waals surface area contributed by atoms with E-state index in [1.54, 1.807) is 7.05 Å². The van der Waals surface area contributed by atoms with E-state index in [9.17, 15) is 9.59 Å². The number of piperidine rings is 3. The Hall–Kier alpha value is -1.34. The van der Waals surface area contributed by atoms with Crippen molar-refractivity contribution in [2.45, 2.75) is 38.3 Å². The molecule has 2 aliphatic carbocycles. The molecule has 0 aromatic heterocycles. The average Bonchev–Trinajstić information content (AvgIpc) is 3.13. The lowest BCUT2D eigenvalue weighted by molar-refractivity contribution is -0.171. The SMILES string of the molecule is CCOC(=O)N1CC2CCC1CC2N1C[C@@H]2C(C(=O)N(C)OC)[C@@H]2C1. The molecule has 2 amide bonds. The number of likely N-dealkylation sites (tertiary alicyclic amines) is 1. The van der Waals surface area contributed by atoms with Crippen LogP contribution in [0.15, 0.2) is 0 Å². The summed E-state index contributed by atoms with van der Waals surface area (Å²) in [6, 6.07) is 0.885. The quantitative estimate of drug-likeness (QED) is 0.712. The first kappa shape index (κ1) is 17.1. The van der Waals surface area contributed by atoms with E-state index in [-0.39, 0.29) is 17.9 Å². The Morgan fingerprint density at radius 3 is 2.44 bits per heavy atom. The van der Waals surface area contributed by atoms with Crippen molar-refractivity contribution in [3.63, 3.8) is 0 Å². The predicted octanol–water partition coefficient (Wildman–Crippen LogP) is 1.19. The molecule has 0 aromatic rings. The third-order valence-electron chi connectivity index (χ3n) is 6.86. The molecule has 3 aliphatic heterocycles. The zero-order valence-corrected chi connectivity index (χ0v) is 15.4. The number of ether oxygens (including phenoxy) is 1. The van der Waals surface area contributed by atoms with Crippen LogP contribution in [0.25, 0.3) is 0 Å². The van der Waals surface area contributed by atoms with E-state index in [1.165, 1.54) is 18.6 Å². The first-order valence-electron chi connectivity index (χ1n) is 9.54. The van der Waals surface area contributed by atoms with Gasteiger partial charge in [0.2, 0.25) is 5.91 Å². The molecule has 2 bridgehead atoms. The van der Waals surface area contributed by atoms with E-state index in [1.807, 2.05) is 11.8 Å². The number of fused-ring (bicyclic) bond motifs is 4. The van der Waals surface area contributed by atoms with Crippen LogP contribution in [0, 0.1) is 23.7 Å². The van der Waals surface area contributed by atoms with E-state index < -0.39 is 0 Å². The summed E-state index contributed by atoms with van der Waals surface area (Å²) in [5.74, 6) is 1.80. The fourth-order valence-corrected chi connectivity index (χ4v) is 5.46. The van der Waals surface area contributed by atoms with Crippen LogP contribution in [0.4, 0.5) is 4.79 Å². The Morgan fingerprint density at radius 1 is 1.16 bits per heavy atom. The summed E-state index contributed by atoms with van der Waals surface area (Å²) in [4.78, 5) is 34.0. The van der Waals surface area contributed by atoms with E-state index >= 15 is 0 Å². The van der Waals surface area contributed by atoms with Gasteiger partial charge in [-0.2, -0.15) is 0 Å². The van der Waals surface area contributed by atoms with E-state index in [2.05, 4.69) is 4.90 Å². The molecule has 6 atom stereocenters. The summed E-state index contributed by atoms with van der Waals surface area (Å²) in [5, 5.41) is 1.37. The highest BCUT2D eigenvalue weighted by Gasteiger charge is 2.62. The second kappa shape index (κ2) is 6.43. The molecule has 3 saturated heterocycles. The molecular formula is C18H29N3O4. The second-order valence-corrected chi connectivity index (χ2v) is 7.97. The number of amides is 2. The Kier molecular flexibility index (Phi) is 4.40. The van der Waals surface area contributed by atoms with Crippen molar-refractivity contribution in [1.82, 2.24) is 14.9 Å². The number of hydroxylamine groups is 2. The van der Waals surface area contributed by atoms with Crippen LogP contribution in [0.1, 0.15) is 26.2 Å². The van der Waals surface area contributed by atoms with Crippen LogP contribution in [0.2, 0.25) is 0 Å². The molecule has 0 N–H and O–H groups in total. The van der Waals surface area contributed by atoms with Gasteiger partial charge in [0.25, 0.3) is 0 Å². The van der Waals surface area contributed by atoms with Crippen LogP contribution in [-0.4, -0.2) is 79.3 Å². The van der Waals surface area contributed by atoms with Crippen molar-refractivity contribution >= 4 is 12.0 Å². The normalized spacial score (nSPS) is 39.2. The molecule has 5 rings (SSSR count). The molecule has 7 nitrogen and oxygen atoms in total. The van der Waals surface area contributed by atoms with Crippen molar-refractivity contribution in [1.29, 1.82) is 0 Å². The lowest BCUT2D eigenvalue weighted by Crippen LogP contribution is -2.60. The van der Waals surface area contributed by atoms with Gasteiger partial charge in [0.15, 0.2) is 0 Å². The average molecular weight is 351 g/mol. The smallest absolute Gasteiger partial charge is 0.410 e. The van der Waals surface area contributed by atoms with Crippen LogP contribution in [-0.2, 0) is 14.4 Å². The predicted molar refractivity (Wildman–Crippen MR) is 90.5 cm³/mol. The van der Waals surface area contributed by atoms with Crippen LogP contribution >= 0.6 is 0 Å². The highest BCUT2D eigenvalue weighted by Crippen LogP contribution is 2.54. The molecule has 3 heterocycles. The molecule has 5 fully saturated rings. The number of hydrogen-bond donors (Lipinski definition) is 0. The first-order chi connectivity index (χ1) is 12.0. The van der Waals surface area contributed by atoms with Gasteiger partial charge in [-0.05, 0) is 43.9 Å². The van der Waals surface area contributed by atoms with Crippen molar-refractivity contribution in [2.24, 2.45) is 23.7 Å². The number of nitrogens with zero attached hydrogens (tertiary/aromatic N) is 3. The maximum Gasteiger partial charge on any atom is 0.410 e. The monoisotopic (exact) mass is 351 g/mol. The van der Waals surface area contributed by atoms with Gasteiger partial charge in [-0.25, -0.2) is 9.86 Å². The zero-order chi connectivity index (χ0) is 17.7. The number of carbonyl (C=O) groups is 2. The second-order valence-electron chi connectivity index (χ2n) is 7.97. The third-order valence-corrected chi connectivity index (χ3v) is 6.86. The maximum atomic E-state index is 12.3. The van der Waals surface area contributed by atoms with Gasteiger partial charge in [0.1, 0.15) is 0 Å². The summed E-state index contributed by atoms with van der Waals surface area (Å²) in [7, 11) is 3.23. The molecular weight excluding hydrogens is 322 g/mol. The summed E-state index contributed by atoms with van der Waals surface area (Å²) in [6.45, 7) is 5.17. The number of hydrogen-bond acceptors (Lipinski definition) is 5. The largest absolute Gasteiger partial charge is 0.450 e. The number of carbonyl (C=O) groups excluding carboxylic acids is 2. The maximum absolute atomic E-state index is 12.3. The van der Waals surface area contributed by atoms with Crippen molar-refractivity contribution in [3.8, 4) is 0 Å². The minimum atomic E-state index is -0.145. The van der Waals surface area contributed by atoms with Crippen LogP contribution in [0.3, 0.4) is 0 Å². The molecule has 4 unspecified atom stereocenters. The Balaban J connectivity index is 1.33. The summed E-state index contributed by atoms with van der Waals surface area (Å²) >= 11 is 0. The molecule has 0 spiro atoms. The molecule has 5 aliphatic rings. The highest BCUT2D eigenvalue weighted by molar-refractivity contribution is 5.81. The highest BCUT2D eigenvalue weighted by atomic mass is 16.7. The van der Waals surface area contributed by atoms with Crippen molar-refractivity contribution in [3.05, 3.63) is 0 Å².